The Labute approximate surface area is 176 Å². The Morgan fingerprint density at radius 2 is 1.66 bits per heavy atom. The van der Waals surface area contributed by atoms with Crippen molar-refractivity contribution >= 4 is 11.8 Å². The molecule has 162 valence electrons. The van der Waals surface area contributed by atoms with Crippen molar-refractivity contribution in [2.24, 2.45) is 15.8 Å². The quantitative estimate of drug-likeness (QED) is 0.360. The van der Waals surface area contributed by atoms with E-state index in [1.165, 1.54) is 51.4 Å². The molecule has 6 nitrogen and oxygen atoms in total. The Morgan fingerprint density at radius 1 is 1.03 bits per heavy atom. The number of ether oxygens (including phenoxy) is 1. The van der Waals surface area contributed by atoms with E-state index in [1.54, 1.807) is 12.1 Å². The van der Waals surface area contributed by atoms with Gasteiger partial charge in [0.2, 0.25) is 5.96 Å². The number of hydrogen-bond acceptors (Lipinski definition) is 4. The van der Waals surface area contributed by atoms with E-state index in [0.29, 0.717) is 12.5 Å². The molecule has 1 atom stereocenters. The number of methoxy groups -OCH3 is 1. The van der Waals surface area contributed by atoms with Crippen LogP contribution in [0.5, 0.6) is 5.75 Å². The Bertz CT molecular complexity index is 641. The largest absolute Gasteiger partial charge is 0.497 e. The van der Waals surface area contributed by atoms with Crippen molar-refractivity contribution in [1.29, 1.82) is 0 Å². The molecule has 1 heterocycles. The number of guanidine groups is 1. The molecule has 3 N–H and O–H groups in total. The zero-order valence-electron chi connectivity index (χ0n) is 18.5. The summed E-state index contributed by atoms with van der Waals surface area (Å²) >= 11 is 0. The molecule has 6 heteroatoms. The number of nitrogens with zero attached hydrogens (tertiary/aromatic N) is 3. The van der Waals surface area contributed by atoms with Crippen LogP contribution in [0.4, 0.5) is 0 Å². The molecule has 1 aliphatic heterocycles. The van der Waals surface area contributed by atoms with Gasteiger partial charge < -0.3 is 10.1 Å². The van der Waals surface area contributed by atoms with E-state index in [0.717, 1.165) is 30.0 Å². The van der Waals surface area contributed by atoms with Gasteiger partial charge in [-0.3, -0.25) is 5.01 Å². The van der Waals surface area contributed by atoms with Crippen LogP contribution in [0.1, 0.15) is 83.6 Å². The molecular weight excluding hydrogens is 362 g/mol. The maximum Gasteiger partial charge on any atom is 0.216 e. The lowest BCUT2D eigenvalue weighted by molar-refractivity contribution is 0.289. The first kappa shape index (κ1) is 23.2. The van der Waals surface area contributed by atoms with Gasteiger partial charge in [-0.2, -0.15) is 0 Å². The molecule has 0 saturated carbocycles. The highest BCUT2D eigenvalue weighted by atomic mass is 16.5. The molecule has 0 radical (unpaired) electrons. The number of nitrogens with one attached hydrogen (secondary N) is 1. The van der Waals surface area contributed by atoms with Crippen molar-refractivity contribution < 1.29 is 4.74 Å². The molecule has 0 spiro atoms. The van der Waals surface area contributed by atoms with Crippen LogP contribution in [-0.2, 0) is 6.54 Å². The van der Waals surface area contributed by atoms with Crippen LogP contribution in [0.25, 0.3) is 0 Å². The van der Waals surface area contributed by atoms with E-state index < -0.39 is 0 Å². The van der Waals surface area contributed by atoms with E-state index in [-0.39, 0.29) is 6.17 Å². The van der Waals surface area contributed by atoms with Gasteiger partial charge in [-0.1, -0.05) is 70.4 Å². The fourth-order valence-corrected chi connectivity index (χ4v) is 3.55. The van der Waals surface area contributed by atoms with Gasteiger partial charge in [-0.25, -0.2) is 15.8 Å². The average Bonchev–Trinajstić information content (AvgIpc) is 2.74. The number of hydrogen-bond donors (Lipinski definition) is 2. The smallest absolute Gasteiger partial charge is 0.216 e. The number of hydrazine groups is 1. The van der Waals surface area contributed by atoms with Gasteiger partial charge >= 0.3 is 0 Å². The molecule has 2 rings (SSSR count). The normalized spacial score (nSPS) is 17.9. The Hall–Kier alpha value is -2.08. The number of benzene rings is 1. The minimum absolute atomic E-state index is 0.0320. The first-order valence-electron chi connectivity index (χ1n) is 11.2. The van der Waals surface area contributed by atoms with Crippen LogP contribution in [0.3, 0.4) is 0 Å². The topological polar surface area (TPSA) is 75.2 Å². The summed E-state index contributed by atoms with van der Waals surface area (Å²) in [5.74, 6) is 8.73. The van der Waals surface area contributed by atoms with E-state index in [9.17, 15) is 0 Å². The summed E-state index contributed by atoms with van der Waals surface area (Å²) in [6.45, 7) is 4.80. The standard InChI is InChI=1S/C23H39N5O/c1-4-5-6-7-8-9-10-11-12-13-22-26-19(2)27-23(28(22)24)25-18-20-14-16-21(29-3)17-15-20/h14-17,22H,4-13,18,24H2,1-3H3,(H,25,26,27). The minimum Gasteiger partial charge on any atom is -0.497 e. The summed E-state index contributed by atoms with van der Waals surface area (Å²) in [4.78, 5) is 9.34. The molecule has 1 aromatic carbocycles. The second kappa shape index (κ2) is 13.2. The lowest BCUT2D eigenvalue weighted by atomic mass is 10.1. The van der Waals surface area contributed by atoms with Gasteiger partial charge in [0.1, 0.15) is 17.8 Å². The van der Waals surface area contributed by atoms with Crippen molar-refractivity contribution in [2.75, 3.05) is 7.11 Å². The molecular formula is C23H39N5O. The molecule has 0 aliphatic carbocycles. The SMILES string of the molecule is CCCCCCCCCCCC1N=C(C)NC(=NCc2ccc(OC)cc2)N1N. The van der Waals surface area contributed by atoms with E-state index in [1.807, 2.05) is 31.2 Å². The van der Waals surface area contributed by atoms with E-state index in [2.05, 4.69) is 22.2 Å². The van der Waals surface area contributed by atoms with Gasteiger partial charge in [0.05, 0.1) is 13.7 Å². The minimum atomic E-state index is -0.0320. The summed E-state index contributed by atoms with van der Waals surface area (Å²) in [5.41, 5.74) is 1.11. The highest BCUT2D eigenvalue weighted by Gasteiger charge is 2.23. The third kappa shape index (κ3) is 8.44. The highest BCUT2D eigenvalue weighted by molar-refractivity contribution is 6.00. The summed E-state index contributed by atoms with van der Waals surface area (Å²) in [6, 6.07) is 7.94. The fourth-order valence-electron chi connectivity index (χ4n) is 3.55. The molecule has 1 aromatic rings. The Kier molecular flexibility index (Phi) is 10.6. The number of nitrogens with two attached hydrogens (primary N) is 1. The molecule has 1 aliphatic rings. The maximum absolute atomic E-state index is 6.32. The van der Waals surface area contributed by atoms with Crippen molar-refractivity contribution in [3.8, 4) is 5.75 Å². The maximum atomic E-state index is 6.32. The van der Waals surface area contributed by atoms with Gasteiger partial charge in [0.15, 0.2) is 0 Å². The van der Waals surface area contributed by atoms with Crippen LogP contribution in [0, 0.1) is 0 Å². The van der Waals surface area contributed by atoms with Crippen LogP contribution < -0.4 is 15.9 Å². The van der Waals surface area contributed by atoms with Crippen molar-refractivity contribution in [1.82, 2.24) is 10.3 Å². The Morgan fingerprint density at radius 3 is 2.28 bits per heavy atom. The third-order valence-corrected chi connectivity index (χ3v) is 5.34. The van der Waals surface area contributed by atoms with Gasteiger partial charge in [0.25, 0.3) is 0 Å². The summed E-state index contributed by atoms with van der Waals surface area (Å²) in [5, 5.41) is 4.88. The van der Waals surface area contributed by atoms with Gasteiger partial charge in [-0.05, 0) is 37.5 Å². The lowest BCUT2D eigenvalue weighted by Crippen LogP contribution is -2.56. The summed E-state index contributed by atoms with van der Waals surface area (Å²) in [6.07, 6.45) is 12.8. The van der Waals surface area contributed by atoms with Crippen molar-refractivity contribution in [3.05, 3.63) is 29.8 Å². The van der Waals surface area contributed by atoms with Gasteiger partial charge in [-0.15, -0.1) is 0 Å². The predicted octanol–water partition coefficient (Wildman–Crippen LogP) is 5.00. The second-order valence-electron chi connectivity index (χ2n) is 7.83. The molecule has 29 heavy (non-hydrogen) atoms. The number of rotatable bonds is 13. The third-order valence-electron chi connectivity index (χ3n) is 5.34. The lowest BCUT2D eigenvalue weighted by Gasteiger charge is -2.32. The molecule has 0 aromatic heterocycles. The molecule has 0 fully saturated rings. The van der Waals surface area contributed by atoms with Crippen molar-refractivity contribution in [2.45, 2.75) is 90.8 Å². The first-order valence-corrected chi connectivity index (χ1v) is 11.2. The molecule has 0 amide bonds. The molecule has 0 saturated heterocycles. The first-order chi connectivity index (χ1) is 14.1. The average molecular weight is 402 g/mol. The highest BCUT2D eigenvalue weighted by Crippen LogP contribution is 2.16. The zero-order valence-corrected chi connectivity index (χ0v) is 18.5. The second-order valence-corrected chi connectivity index (χ2v) is 7.83. The summed E-state index contributed by atoms with van der Waals surface area (Å²) < 4.78 is 5.20. The number of unbranched alkanes of at least 4 members (excludes halogenated alkanes) is 8. The van der Waals surface area contributed by atoms with Crippen LogP contribution >= 0.6 is 0 Å². The fraction of sp³-hybridized carbons (Fsp3) is 0.652. The number of aliphatic imine (C=N–C) groups is 2. The molecule has 0 bridgehead atoms. The predicted molar refractivity (Wildman–Crippen MR) is 122 cm³/mol. The zero-order chi connectivity index (χ0) is 20.9. The van der Waals surface area contributed by atoms with Gasteiger partial charge in [0, 0.05) is 0 Å². The molecule has 1 unspecified atom stereocenters. The van der Waals surface area contributed by atoms with Crippen LogP contribution in [0.2, 0.25) is 0 Å². The summed E-state index contributed by atoms with van der Waals surface area (Å²) in [7, 11) is 1.67. The van der Waals surface area contributed by atoms with Crippen LogP contribution in [-0.4, -0.2) is 30.1 Å². The van der Waals surface area contributed by atoms with Crippen LogP contribution in [0.15, 0.2) is 34.3 Å². The van der Waals surface area contributed by atoms with E-state index >= 15 is 0 Å². The monoisotopic (exact) mass is 401 g/mol. The number of amidine groups is 1. The van der Waals surface area contributed by atoms with E-state index in [4.69, 9.17) is 10.6 Å². The Balaban J connectivity index is 1.74. The van der Waals surface area contributed by atoms with Crippen molar-refractivity contribution in [3.63, 3.8) is 0 Å².